The predicted molar refractivity (Wildman–Crippen MR) is 104 cm³/mol. The summed E-state index contributed by atoms with van der Waals surface area (Å²) in [5, 5.41) is 3.99. The Morgan fingerprint density at radius 3 is 2.75 bits per heavy atom. The second-order valence-corrected chi connectivity index (χ2v) is 7.28. The summed E-state index contributed by atoms with van der Waals surface area (Å²) in [6.07, 6.45) is 2.49. The van der Waals surface area contributed by atoms with Gasteiger partial charge in [-0.1, -0.05) is 35.5 Å². The number of hydrogen-bond acceptors (Lipinski definition) is 5. The average Bonchev–Trinajstić information content (AvgIpc) is 3.12. The van der Waals surface area contributed by atoms with Crippen LogP contribution in [-0.4, -0.2) is 34.2 Å². The van der Waals surface area contributed by atoms with Crippen molar-refractivity contribution in [3.8, 4) is 5.75 Å². The first-order chi connectivity index (χ1) is 13.7. The van der Waals surface area contributed by atoms with Gasteiger partial charge in [-0.05, 0) is 49.1 Å². The van der Waals surface area contributed by atoms with Crippen LogP contribution in [0, 0.1) is 12.7 Å². The van der Waals surface area contributed by atoms with Crippen molar-refractivity contribution in [2.24, 2.45) is 0 Å². The first-order valence-electron chi connectivity index (χ1n) is 9.66. The Morgan fingerprint density at radius 1 is 1.14 bits per heavy atom. The minimum atomic E-state index is -0.246. The maximum atomic E-state index is 13.8. The van der Waals surface area contributed by atoms with E-state index in [1.807, 2.05) is 18.2 Å². The highest BCUT2D eigenvalue weighted by Crippen LogP contribution is 2.21. The van der Waals surface area contributed by atoms with Crippen molar-refractivity contribution in [3.63, 3.8) is 0 Å². The molecular weight excluding hydrogens is 357 g/mol. The molecular formula is C22H24FN3O2. The molecule has 1 aromatic heterocycles. The smallest absolute Gasteiger partial charge is 0.240 e. The highest BCUT2D eigenvalue weighted by atomic mass is 19.1. The van der Waals surface area contributed by atoms with Gasteiger partial charge < -0.3 is 9.26 Å². The zero-order valence-electron chi connectivity index (χ0n) is 16.0. The van der Waals surface area contributed by atoms with E-state index in [1.165, 1.54) is 11.6 Å². The second-order valence-electron chi connectivity index (χ2n) is 7.28. The molecule has 0 spiro atoms. The summed E-state index contributed by atoms with van der Waals surface area (Å²) in [4.78, 5) is 6.71. The van der Waals surface area contributed by atoms with Crippen LogP contribution < -0.4 is 4.74 Å². The van der Waals surface area contributed by atoms with Crippen molar-refractivity contribution < 1.29 is 13.7 Å². The van der Waals surface area contributed by atoms with Crippen LogP contribution in [0.25, 0.3) is 0 Å². The number of halogens is 1. The summed E-state index contributed by atoms with van der Waals surface area (Å²) in [5.74, 6) is 1.78. The molecule has 2 aromatic carbocycles. The first kappa shape index (κ1) is 18.6. The lowest BCUT2D eigenvalue weighted by Gasteiger charge is -2.31. The molecule has 4 rings (SSSR count). The predicted octanol–water partition coefficient (Wildman–Crippen LogP) is 4.15. The molecule has 0 atom stereocenters. The van der Waals surface area contributed by atoms with E-state index in [0.717, 1.165) is 31.7 Å². The number of aryl methyl sites for hydroxylation is 1. The number of piperidine rings is 1. The third kappa shape index (κ3) is 4.75. The molecule has 1 aliphatic rings. The Kier molecular flexibility index (Phi) is 5.67. The molecule has 2 heterocycles. The molecule has 1 fully saturated rings. The Hall–Kier alpha value is -2.73. The fourth-order valence-electron chi connectivity index (χ4n) is 3.50. The van der Waals surface area contributed by atoms with Crippen LogP contribution in [0.5, 0.6) is 5.75 Å². The van der Waals surface area contributed by atoms with Crippen molar-refractivity contribution in [2.75, 3.05) is 13.1 Å². The molecule has 5 nitrogen and oxygen atoms in total. The highest BCUT2D eigenvalue weighted by Gasteiger charge is 2.22. The van der Waals surface area contributed by atoms with Crippen LogP contribution in [0.4, 0.5) is 4.39 Å². The zero-order chi connectivity index (χ0) is 19.3. The van der Waals surface area contributed by atoms with Crippen LogP contribution in [0.15, 0.2) is 53.1 Å². The number of nitrogens with zero attached hydrogens (tertiary/aromatic N) is 3. The van der Waals surface area contributed by atoms with Gasteiger partial charge in [-0.25, -0.2) is 4.39 Å². The van der Waals surface area contributed by atoms with Crippen LogP contribution in [0.1, 0.15) is 35.7 Å². The zero-order valence-corrected chi connectivity index (χ0v) is 16.0. The van der Waals surface area contributed by atoms with Gasteiger partial charge in [0.2, 0.25) is 5.89 Å². The summed E-state index contributed by atoms with van der Waals surface area (Å²) in [5.41, 5.74) is 1.78. The number of ether oxygens (including phenoxy) is 1. The van der Waals surface area contributed by atoms with Gasteiger partial charge in [0.05, 0.1) is 6.54 Å². The molecule has 3 aromatic rings. The van der Waals surface area contributed by atoms with Gasteiger partial charge in [-0.15, -0.1) is 0 Å². The van der Waals surface area contributed by atoms with Gasteiger partial charge >= 0.3 is 0 Å². The molecule has 1 saturated heterocycles. The largest absolute Gasteiger partial charge is 0.490 e. The normalized spacial score (nSPS) is 15.6. The lowest BCUT2D eigenvalue weighted by Crippen LogP contribution is -2.37. The molecule has 0 N–H and O–H groups in total. The van der Waals surface area contributed by atoms with Crippen LogP contribution in [0.3, 0.4) is 0 Å². The van der Waals surface area contributed by atoms with Crippen molar-refractivity contribution in [1.29, 1.82) is 0 Å². The van der Waals surface area contributed by atoms with Crippen molar-refractivity contribution in [1.82, 2.24) is 15.0 Å². The monoisotopic (exact) mass is 381 g/mol. The lowest BCUT2D eigenvalue weighted by atomic mass is 10.1. The molecule has 0 bridgehead atoms. The van der Waals surface area contributed by atoms with Gasteiger partial charge in [-0.3, -0.25) is 4.90 Å². The van der Waals surface area contributed by atoms with Crippen molar-refractivity contribution in [2.45, 2.75) is 38.8 Å². The van der Waals surface area contributed by atoms with E-state index in [0.29, 0.717) is 30.2 Å². The number of aromatic nitrogens is 2. The third-order valence-corrected chi connectivity index (χ3v) is 5.00. The summed E-state index contributed by atoms with van der Waals surface area (Å²) < 4.78 is 25.2. The number of hydrogen-bond donors (Lipinski definition) is 0. The molecule has 146 valence electrons. The van der Waals surface area contributed by atoms with Gasteiger partial charge in [-0.2, -0.15) is 4.98 Å². The summed E-state index contributed by atoms with van der Waals surface area (Å²) in [6, 6.07) is 14.8. The summed E-state index contributed by atoms with van der Waals surface area (Å²) >= 11 is 0. The molecule has 6 heteroatoms. The standard InChI is InChI=1S/C22H24FN3O2/c1-16-5-4-7-19(13-16)27-18-9-11-26(12-10-18)15-22-24-21(25-28-22)14-17-6-2-3-8-20(17)23/h2-8,13,18H,9-12,14-15H2,1H3. The minimum absolute atomic E-state index is 0.234. The summed E-state index contributed by atoms with van der Waals surface area (Å²) in [6.45, 7) is 4.52. The molecule has 0 aliphatic carbocycles. The lowest BCUT2D eigenvalue weighted by molar-refractivity contribution is 0.0904. The number of benzene rings is 2. The van der Waals surface area contributed by atoms with E-state index in [1.54, 1.807) is 12.1 Å². The van der Waals surface area contributed by atoms with E-state index in [2.05, 4.69) is 34.1 Å². The Balaban J connectivity index is 1.27. The van der Waals surface area contributed by atoms with E-state index in [9.17, 15) is 4.39 Å². The molecule has 1 aliphatic heterocycles. The minimum Gasteiger partial charge on any atom is -0.490 e. The van der Waals surface area contributed by atoms with Gasteiger partial charge in [0.25, 0.3) is 0 Å². The van der Waals surface area contributed by atoms with E-state index in [-0.39, 0.29) is 11.9 Å². The van der Waals surface area contributed by atoms with Crippen molar-refractivity contribution >= 4 is 0 Å². The van der Waals surface area contributed by atoms with Crippen LogP contribution in [-0.2, 0) is 13.0 Å². The fourth-order valence-corrected chi connectivity index (χ4v) is 3.50. The second kappa shape index (κ2) is 8.52. The van der Waals surface area contributed by atoms with Crippen LogP contribution in [0.2, 0.25) is 0 Å². The number of rotatable bonds is 6. The van der Waals surface area contributed by atoms with Gasteiger partial charge in [0.15, 0.2) is 5.82 Å². The SMILES string of the molecule is Cc1cccc(OC2CCN(Cc3nc(Cc4ccccc4F)no3)CC2)c1. The topological polar surface area (TPSA) is 51.4 Å². The highest BCUT2D eigenvalue weighted by molar-refractivity contribution is 5.27. The maximum absolute atomic E-state index is 13.8. The van der Waals surface area contributed by atoms with E-state index >= 15 is 0 Å². The van der Waals surface area contributed by atoms with Crippen LogP contribution >= 0.6 is 0 Å². The molecule has 0 saturated carbocycles. The van der Waals surface area contributed by atoms with E-state index < -0.39 is 0 Å². The quantitative estimate of drug-likeness (QED) is 0.642. The first-order valence-corrected chi connectivity index (χ1v) is 9.66. The molecule has 28 heavy (non-hydrogen) atoms. The average molecular weight is 381 g/mol. The van der Waals surface area contributed by atoms with Gasteiger partial charge in [0.1, 0.15) is 17.7 Å². The number of likely N-dealkylation sites (tertiary alicyclic amines) is 1. The molecule has 0 amide bonds. The fraction of sp³-hybridized carbons (Fsp3) is 0.364. The van der Waals surface area contributed by atoms with Crippen molar-refractivity contribution in [3.05, 3.63) is 77.2 Å². The summed E-state index contributed by atoms with van der Waals surface area (Å²) in [7, 11) is 0. The molecule has 0 unspecified atom stereocenters. The molecule has 0 radical (unpaired) electrons. The maximum Gasteiger partial charge on any atom is 0.240 e. The van der Waals surface area contributed by atoms with E-state index in [4.69, 9.17) is 9.26 Å². The Bertz CT molecular complexity index is 919. The van der Waals surface area contributed by atoms with Gasteiger partial charge in [0, 0.05) is 19.5 Å². The third-order valence-electron chi connectivity index (χ3n) is 5.00. The Labute approximate surface area is 164 Å². The Morgan fingerprint density at radius 2 is 1.96 bits per heavy atom.